The van der Waals surface area contributed by atoms with Gasteiger partial charge >= 0.3 is 0 Å². The number of rotatable bonds is 7. The van der Waals surface area contributed by atoms with Gasteiger partial charge in [-0.15, -0.1) is 0 Å². The summed E-state index contributed by atoms with van der Waals surface area (Å²) in [5.41, 5.74) is 2.57. The molecule has 1 aromatic carbocycles. The minimum atomic E-state index is -0.513. The standard InChI is InChI=1S/C21H27FN6O2/c1-30-20-12-27-18-5-3-16(22)15(21(18)28-20)11-26-17-4-2-13(8-19(17)29)25-10-14-9-23-6-7-24-14/h3,5-6,9,12-13,17,19,24-26,29H,2,4,7-8,10-11H2,1H3/t13-,17-,19+/m1/s1. The molecule has 1 aliphatic heterocycles. The molecule has 1 aromatic heterocycles. The van der Waals surface area contributed by atoms with Gasteiger partial charge < -0.3 is 25.8 Å². The van der Waals surface area contributed by atoms with Crippen molar-refractivity contribution in [1.29, 1.82) is 0 Å². The van der Waals surface area contributed by atoms with Crippen LogP contribution in [-0.4, -0.2) is 59.7 Å². The molecule has 160 valence electrons. The Bertz CT molecular complexity index is 950. The number of nitrogens with zero attached hydrogens (tertiary/aromatic N) is 3. The molecular weight excluding hydrogens is 387 g/mol. The van der Waals surface area contributed by atoms with E-state index in [1.54, 1.807) is 6.07 Å². The number of aliphatic hydroxyl groups excluding tert-OH is 1. The molecule has 2 aromatic rings. The molecule has 1 fully saturated rings. The monoisotopic (exact) mass is 414 g/mol. The largest absolute Gasteiger partial charge is 0.480 e. The summed E-state index contributed by atoms with van der Waals surface area (Å²) >= 11 is 0. The lowest BCUT2D eigenvalue weighted by Gasteiger charge is -2.34. The van der Waals surface area contributed by atoms with Crippen LogP contribution in [0.3, 0.4) is 0 Å². The second kappa shape index (κ2) is 9.46. The van der Waals surface area contributed by atoms with Crippen molar-refractivity contribution in [3.8, 4) is 5.88 Å². The van der Waals surface area contributed by atoms with Gasteiger partial charge in [0.25, 0.3) is 0 Å². The average Bonchev–Trinajstić information content (AvgIpc) is 2.78. The molecule has 8 nitrogen and oxygen atoms in total. The van der Waals surface area contributed by atoms with Crippen LogP contribution in [0.5, 0.6) is 5.88 Å². The third kappa shape index (κ3) is 4.75. The molecule has 0 bridgehead atoms. The minimum Gasteiger partial charge on any atom is -0.480 e. The number of benzene rings is 1. The Morgan fingerprint density at radius 1 is 1.27 bits per heavy atom. The van der Waals surface area contributed by atoms with E-state index in [1.165, 1.54) is 19.4 Å². The van der Waals surface area contributed by atoms with Crippen LogP contribution in [0.25, 0.3) is 11.0 Å². The Morgan fingerprint density at radius 2 is 2.17 bits per heavy atom. The van der Waals surface area contributed by atoms with Gasteiger partial charge in [0.1, 0.15) is 11.3 Å². The smallest absolute Gasteiger partial charge is 0.232 e. The van der Waals surface area contributed by atoms with E-state index in [0.717, 1.165) is 25.1 Å². The number of methoxy groups -OCH3 is 1. The molecule has 1 aliphatic carbocycles. The van der Waals surface area contributed by atoms with Crippen LogP contribution in [0.4, 0.5) is 4.39 Å². The van der Waals surface area contributed by atoms with Gasteiger partial charge in [-0.1, -0.05) is 0 Å². The third-order valence-electron chi connectivity index (χ3n) is 5.64. The molecule has 3 atom stereocenters. The SMILES string of the molecule is COc1cnc2ccc(F)c(CN[C@@H]3CC[C@@H](NCC4=CN=CCN4)C[C@@H]3O)c2n1. The van der Waals surface area contributed by atoms with Crippen molar-refractivity contribution in [2.24, 2.45) is 4.99 Å². The van der Waals surface area contributed by atoms with Crippen LogP contribution in [0.2, 0.25) is 0 Å². The molecule has 0 unspecified atom stereocenters. The first-order chi connectivity index (χ1) is 14.6. The molecule has 0 spiro atoms. The summed E-state index contributed by atoms with van der Waals surface area (Å²) in [5.74, 6) is -0.00691. The second-order valence-electron chi connectivity index (χ2n) is 7.62. The maximum Gasteiger partial charge on any atom is 0.232 e. The molecule has 0 radical (unpaired) electrons. The van der Waals surface area contributed by atoms with Crippen molar-refractivity contribution in [2.45, 2.75) is 44.0 Å². The summed E-state index contributed by atoms with van der Waals surface area (Å²) in [6, 6.07) is 3.13. The molecule has 4 rings (SSSR count). The number of ether oxygens (including phenoxy) is 1. The van der Waals surface area contributed by atoms with Crippen LogP contribution in [0, 0.1) is 5.82 Å². The number of halogens is 1. The van der Waals surface area contributed by atoms with Crippen molar-refractivity contribution in [1.82, 2.24) is 25.9 Å². The predicted molar refractivity (Wildman–Crippen MR) is 113 cm³/mol. The first kappa shape index (κ1) is 20.6. The molecule has 4 N–H and O–H groups in total. The maximum atomic E-state index is 14.5. The number of nitrogens with one attached hydrogen (secondary N) is 3. The van der Waals surface area contributed by atoms with E-state index in [1.807, 2.05) is 12.4 Å². The summed E-state index contributed by atoms with van der Waals surface area (Å²) in [4.78, 5) is 12.8. The number of aliphatic hydroxyl groups is 1. The molecule has 2 heterocycles. The van der Waals surface area contributed by atoms with Gasteiger partial charge in [-0.3, -0.25) is 4.99 Å². The Labute approximate surface area is 174 Å². The summed E-state index contributed by atoms with van der Waals surface area (Å²) in [7, 11) is 1.50. The van der Waals surface area contributed by atoms with Gasteiger partial charge in [0.15, 0.2) is 0 Å². The minimum absolute atomic E-state index is 0.104. The van der Waals surface area contributed by atoms with E-state index < -0.39 is 6.10 Å². The van der Waals surface area contributed by atoms with Crippen molar-refractivity contribution in [3.63, 3.8) is 0 Å². The van der Waals surface area contributed by atoms with Crippen molar-refractivity contribution < 1.29 is 14.2 Å². The van der Waals surface area contributed by atoms with Gasteiger partial charge in [-0.25, -0.2) is 14.4 Å². The summed E-state index contributed by atoms with van der Waals surface area (Å²) in [6.45, 7) is 1.71. The van der Waals surface area contributed by atoms with E-state index in [4.69, 9.17) is 4.74 Å². The Morgan fingerprint density at radius 3 is 2.93 bits per heavy atom. The van der Waals surface area contributed by atoms with Crippen LogP contribution in [-0.2, 0) is 6.54 Å². The topological polar surface area (TPSA) is 104 Å². The zero-order chi connectivity index (χ0) is 20.9. The third-order valence-corrected chi connectivity index (χ3v) is 5.64. The first-order valence-corrected chi connectivity index (χ1v) is 10.2. The zero-order valence-electron chi connectivity index (χ0n) is 16.9. The van der Waals surface area contributed by atoms with Crippen molar-refractivity contribution >= 4 is 17.2 Å². The summed E-state index contributed by atoms with van der Waals surface area (Å²) in [5, 5.41) is 20.7. The molecule has 9 heteroatoms. The average molecular weight is 414 g/mol. The Kier molecular flexibility index (Phi) is 6.51. The number of aliphatic imine (C=N–C) groups is 1. The quantitative estimate of drug-likeness (QED) is 0.541. The Hall–Kier alpha value is -2.62. The fourth-order valence-corrected chi connectivity index (χ4v) is 3.94. The van der Waals surface area contributed by atoms with Crippen LogP contribution in [0.1, 0.15) is 24.8 Å². The van der Waals surface area contributed by atoms with Crippen molar-refractivity contribution in [3.05, 3.63) is 41.6 Å². The highest BCUT2D eigenvalue weighted by Crippen LogP contribution is 2.23. The van der Waals surface area contributed by atoms with Gasteiger partial charge in [-0.2, -0.15) is 0 Å². The fourth-order valence-electron chi connectivity index (χ4n) is 3.94. The van der Waals surface area contributed by atoms with Gasteiger partial charge in [0.2, 0.25) is 5.88 Å². The van der Waals surface area contributed by atoms with E-state index >= 15 is 0 Å². The molecule has 0 amide bonds. The number of fused-ring (bicyclic) bond motifs is 1. The van der Waals surface area contributed by atoms with Crippen LogP contribution in [0.15, 0.2) is 35.2 Å². The highest BCUT2D eigenvalue weighted by molar-refractivity contribution is 5.78. The van der Waals surface area contributed by atoms with E-state index in [-0.39, 0.29) is 24.4 Å². The van der Waals surface area contributed by atoms with Gasteiger partial charge in [0.05, 0.1) is 31.5 Å². The lowest BCUT2D eigenvalue weighted by Crippen LogP contribution is -2.49. The van der Waals surface area contributed by atoms with Crippen LogP contribution < -0.4 is 20.7 Å². The normalized spacial score (nSPS) is 23.8. The lowest BCUT2D eigenvalue weighted by atomic mass is 9.88. The first-order valence-electron chi connectivity index (χ1n) is 10.2. The maximum absolute atomic E-state index is 14.5. The molecular formula is C21H27FN6O2. The van der Waals surface area contributed by atoms with E-state index in [2.05, 4.69) is 30.9 Å². The zero-order valence-corrected chi connectivity index (χ0v) is 16.9. The number of hydrogen-bond acceptors (Lipinski definition) is 8. The summed E-state index contributed by atoms with van der Waals surface area (Å²) in [6.07, 6.45) is 7.00. The van der Waals surface area contributed by atoms with Crippen LogP contribution >= 0.6 is 0 Å². The highest BCUT2D eigenvalue weighted by Gasteiger charge is 2.29. The lowest BCUT2D eigenvalue weighted by molar-refractivity contribution is 0.0750. The fraction of sp³-hybridized carbons (Fsp3) is 0.476. The number of aromatic nitrogens is 2. The van der Waals surface area contributed by atoms with Gasteiger partial charge in [-0.05, 0) is 31.4 Å². The molecule has 0 saturated heterocycles. The summed E-state index contributed by atoms with van der Waals surface area (Å²) < 4.78 is 19.6. The van der Waals surface area contributed by atoms with Crippen molar-refractivity contribution in [2.75, 3.05) is 20.2 Å². The van der Waals surface area contributed by atoms with E-state index in [0.29, 0.717) is 35.4 Å². The predicted octanol–water partition coefficient (Wildman–Crippen LogP) is 1.25. The highest BCUT2D eigenvalue weighted by atomic mass is 19.1. The molecule has 1 saturated carbocycles. The second-order valence-corrected chi connectivity index (χ2v) is 7.62. The Balaban J connectivity index is 1.35. The van der Waals surface area contributed by atoms with Gasteiger partial charge in [0, 0.05) is 48.8 Å². The molecule has 2 aliphatic rings. The number of hydrogen-bond donors (Lipinski definition) is 4. The molecule has 30 heavy (non-hydrogen) atoms. The van der Waals surface area contributed by atoms with E-state index in [9.17, 15) is 9.50 Å².